The molecule has 3 heterocycles. The summed E-state index contributed by atoms with van der Waals surface area (Å²) in [6, 6.07) is 2.02. The lowest BCUT2D eigenvalue weighted by molar-refractivity contribution is -0.291. The number of aliphatic hydroxyl groups is 9. The minimum absolute atomic E-state index is 0.0621. The molecule has 1 unspecified atom stereocenters. The summed E-state index contributed by atoms with van der Waals surface area (Å²) in [6.07, 6.45) is -13.9. The van der Waals surface area contributed by atoms with Gasteiger partial charge in [-0.1, -0.05) is 0 Å². The van der Waals surface area contributed by atoms with Crippen molar-refractivity contribution in [1.29, 1.82) is 0 Å². The van der Waals surface area contributed by atoms with E-state index in [1.54, 1.807) is 0 Å². The van der Waals surface area contributed by atoms with E-state index in [4.69, 9.17) is 23.7 Å². The first-order chi connectivity index (χ1) is 20.8. The largest absolute Gasteiger partial charge is 0.504 e. The second kappa shape index (κ2) is 12.4. The van der Waals surface area contributed by atoms with Crippen molar-refractivity contribution in [2.24, 2.45) is 0 Å². The number of hydrogen-bond acceptors (Lipinski definition) is 17. The van der Waals surface area contributed by atoms with Gasteiger partial charge in [-0.2, -0.15) is 0 Å². The van der Waals surface area contributed by atoms with Gasteiger partial charge in [-0.25, -0.2) is 0 Å². The molecular weight excluding hydrogens is 596 g/mol. The van der Waals surface area contributed by atoms with Crippen LogP contribution in [0.3, 0.4) is 0 Å². The summed E-state index contributed by atoms with van der Waals surface area (Å²) in [5.41, 5.74) is 0.130. The molecule has 1 aromatic carbocycles. The Bertz CT molecular complexity index is 1340. The number of fused-ring (bicyclic) bond motifs is 1. The zero-order chi connectivity index (χ0) is 32.0. The molecule has 1 aliphatic carbocycles. The van der Waals surface area contributed by atoms with Gasteiger partial charge >= 0.3 is 0 Å². The van der Waals surface area contributed by atoms with E-state index < -0.39 is 104 Å². The number of allylic oxidation sites excluding steroid dienone is 1. The highest BCUT2D eigenvalue weighted by Crippen LogP contribution is 2.42. The van der Waals surface area contributed by atoms with Crippen LogP contribution < -0.4 is 0 Å². The Morgan fingerprint density at radius 3 is 1.70 bits per heavy atom. The van der Waals surface area contributed by atoms with Gasteiger partial charge in [-0.3, -0.25) is 0 Å². The van der Waals surface area contributed by atoms with Gasteiger partial charge in [0.05, 0.1) is 13.2 Å². The highest BCUT2D eigenvalue weighted by Gasteiger charge is 2.47. The molecule has 2 fully saturated rings. The van der Waals surface area contributed by atoms with Gasteiger partial charge < -0.3 is 85.0 Å². The van der Waals surface area contributed by atoms with Crippen molar-refractivity contribution in [3.05, 3.63) is 58.8 Å². The van der Waals surface area contributed by atoms with E-state index in [-0.39, 0.29) is 28.4 Å². The van der Waals surface area contributed by atoms with Crippen LogP contribution in [-0.2, 0) is 23.7 Å². The van der Waals surface area contributed by atoms with Crippen LogP contribution in [0.15, 0.2) is 53.2 Å². The summed E-state index contributed by atoms with van der Waals surface area (Å²) >= 11 is 0. The average Bonchev–Trinajstić information content (AvgIpc) is 3.00. The third-order valence-corrected chi connectivity index (χ3v) is 7.47. The number of phenols is 3. The van der Waals surface area contributed by atoms with E-state index in [0.29, 0.717) is 0 Å². The van der Waals surface area contributed by atoms with Gasteiger partial charge in [-0.05, 0) is 24.3 Å². The van der Waals surface area contributed by atoms with Gasteiger partial charge in [-0.15, -0.1) is 0 Å². The van der Waals surface area contributed by atoms with E-state index in [0.717, 1.165) is 18.2 Å². The van der Waals surface area contributed by atoms with Crippen LogP contribution in [0, 0.1) is 0 Å². The Balaban J connectivity index is 1.52. The third-order valence-electron chi connectivity index (χ3n) is 7.47. The monoisotopic (exact) mass is 628 g/mol. The highest BCUT2D eigenvalue weighted by atomic mass is 16.7. The van der Waals surface area contributed by atoms with Crippen LogP contribution >= 0.6 is 0 Å². The van der Waals surface area contributed by atoms with Gasteiger partial charge in [0, 0.05) is 17.2 Å². The molecular formula is C27H32O17. The van der Waals surface area contributed by atoms with Crippen LogP contribution in [0.25, 0.3) is 5.76 Å². The number of benzene rings is 1. The van der Waals surface area contributed by atoms with Crippen LogP contribution in [-0.4, -0.2) is 142 Å². The molecule has 0 aromatic heterocycles. The number of aliphatic hydroxyl groups excluding tert-OH is 9. The minimum atomic E-state index is -1.84. The highest BCUT2D eigenvalue weighted by molar-refractivity contribution is 5.71. The molecule has 0 spiro atoms. The van der Waals surface area contributed by atoms with E-state index in [1.165, 1.54) is 12.2 Å². The smallest absolute Gasteiger partial charge is 0.229 e. The molecule has 0 radical (unpaired) electrons. The molecule has 3 aliphatic heterocycles. The van der Waals surface area contributed by atoms with Crippen molar-refractivity contribution in [3.8, 4) is 17.2 Å². The van der Waals surface area contributed by atoms with Crippen molar-refractivity contribution in [1.82, 2.24) is 0 Å². The summed E-state index contributed by atoms with van der Waals surface area (Å²) < 4.78 is 28.1. The fourth-order valence-corrected chi connectivity index (χ4v) is 4.96. The van der Waals surface area contributed by atoms with Crippen LogP contribution in [0.1, 0.15) is 5.56 Å². The summed E-state index contributed by atoms with van der Waals surface area (Å²) in [5.74, 6) is -3.63. The Hall–Kier alpha value is -3.62. The molecule has 12 N–H and O–H groups in total. The molecule has 4 aliphatic rings. The van der Waals surface area contributed by atoms with E-state index in [9.17, 15) is 61.3 Å². The predicted molar refractivity (Wildman–Crippen MR) is 140 cm³/mol. The molecule has 11 atom stereocenters. The molecule has 2 saturated heterocycles. The number of aromatic hydroxyl groups is 3. The molecule has 0 bridgehead atoms. The van der Waals surface area contributed by atoms with Gasteiger partial charge in [0.1, 0.15) is 54.9 Å². The maximum Gasteiger partial charge on any atom is 0.229 e. The molecule has 1 aromatic rings. The first kappa shape index (κ1) is 31.8. The van der Waals surface area contributed by atoms with E-state index in [2.05, 4.69) is 0 Å². The second-order valence-electron chi connectivity index (χ2n) is 10.4. The number of phenolic OH excluding ortho intramolecular Hbond substituents is 3. The summed E-state index contributed by atoms with van der Waals surface area (Å²) in [4.78, 5) is 0. The van der Waals surface area contributed by atoms with E-state index in [1.807, 2.05) is 0 Å². The summed E-state index contributed by atoms with van der Waals surface area (Å²) in [6.45, 7) is -1.47. The lowest BCUT2D eigenvalue weighted by Crippen LogP contribution is -2.59. The Morgan fingerprint density at radius 2 is 1.18 bits per heavy atom. The zero-order valence-corrected chi connectivity index (χ0v) is 22.6. The fraction of sp³-hybridized carbons (Fsp3) is 0.481. The van der Waals surface area contributed by atoms with Crippen molar-refractivity contribution < 1.29 is 85.0 Å². The lowest BCUT2D eigenvalue weighted by atomic mass is 9.97. The standard InChI is InChI=1S/C27H32O17/c28-6-16-19(34)21(36)23(38)26(43-16)41-14-3-8-4-15(42-27-24(39)22(37)20(35)17(7-29)44-27)25(40-13(8)5-10(14)30)9-1-11(31)18(33)12(32)2-9/h1-5,13,16-17,19-24,26-39H,6-7H2/t13?,16-,17-,19-,20-,21+,22+,23-,24-,26-,27-/m1/s1. The van der Waals surface area contributed by atoms with Crippen molar-refractivity contribution >= 4 is 5.76 Å². The molecule has 17 nitrogen and oxygen atoms in total. The minimum Gasteiger partial charge on any atom is -0.504 e. The third kappa shape index (κ3) is 5.77. The molecule has 44 heavy (non-hydrogen) atoms. The Morgan fingerprint density at radius 1 is 0.659 bits per heavy atom. The molecule has 0 saturated carbocycles. The molecule has 17 heteroatoms. The second-order valence-corrected chi connectivity index (χ2v) is 10.4. The summed E-state index contributed by atoms with van der Waals surface area (Å²) in [7, 11) is 0. The SMILES string of the molecule is OC[C@H]1O[C@@H](OC2=CC3=CC(O[C@@H]4O[C@H](CO)[C@@H](O)[C@H](O)[C@H]4O)=C(c4cc(O)c(O)c(O)c4)OC3C=C2O)[C@H](O)[C@@H](O)[C@@H]1O. The fourth-order valence-electron chi connectivity index (χ4n) is 4.96. The van der Waals surface area contributed by atoms with Crippen molar-refractivity contribution in [2.45, 2.75) is 67.5 Å². The first-order valence-electron chi connectivity index (χ1n) is 13.3. The van der Waals surface area contributed by atoms with Crippen LogP contribution in [0.4, 0.5) is 0 Å². The maximum absolute atomic E-state index is 10.7. The van der Waals surface area contributed by atoms with Crippen LogP contribution in [0.2, 0.25) is 0 Å². The van der Waals surface area contributed by atoms with E-state index >= 15 is 0 Å². The van der Waals surface area contributed by atoms with Gasteiger partial charge in [0.25, 0.3) is 0 Å². The molecule has 242 valence electrons. The predicted octanol–water partition coefficient (Wildman–Crippen LogP) is -3.23. The van der Waals surface area contributed by atoms with Crippen molar-refractivity contribution in [2.75, 3.05) is 13.2 Å². The Labute approximate surface area is 247 Å². The molecule has 0 amide bonds. The number of ether oxygens (including phenoxy) is 5. The maximum atomic E-state index is 10.7. The van der Waals surface area contributed by atoms with Crippen molar-refractivity contribution in [3.63, 3.8) is 0 Å². The van der Waals surface area contributed by atoms with Gasteiger partial charge in [0.15, 0.2) is 40.3 Å². The average molecular weight is 629 g/mol. The zero-order valence-electron chi connectivity index (χ0n) is 22.6. The van der Waals surface area contributed by atoms with Crippen LogP contribution in [0.5, 0.6) is 17.2 Å². The number of hydrogen-bond donors (Lipinski definition) is 12. The Kier molecular flexibility index (Phi) is 8.96. The normalized spacial score (nSPS) is 37.3. The lowest BCUT2D eigenvalue weighted by Gasteiger charge is -2.41. The summed E-state index contributed by atoms with van der Waals surface area (Å²) in [5, 5.41) is 121. The topological polar surface area (TPSA) is 289 Å². The van der Waals surface area contributed by atoms with Gasteiger partial charge in [0.2, 0.25) is 12.6 Å². The quantitative estimate of drug-likeness (QED) is 0.132. The number of rotatable bonds is 7. The first-order valence-corrected chi connectivity index (χ1v) is 13.3. The molecule has 5 rings (SSSR count).